The van der Waals surface area contributed by atoms with Crippen LogP contribution in [0.4, 0.5) is 11.4 Å². The topological polar surface area (TPSA) is 91.5 Å². The number of fused-ring (bicyclic) bond motifs is 1. The van der Waals surface area contributed by atoms with Gasteiger partial charge in [0, 0.05) is 28.7 Å². The van der Waals surface area contributed by atoms with Crippen molar-refractivity contribution >= 4 is 51.8 Å². The van der Waals surface area contributed by atoms with Crippen molar-refractivity contribution in [2.75, 3.05) is 16.8 Å². The molecule has 1 atom stereocenters. The zero-order chi connectivity index (χ0) is 23.5. The highest BCUT2D eigenvalue weighted by atomic mass is 32.2. The van der Waals surface area contributed by atoms with Crippen LogP contribution in [0.3, 0.4) is 0 Å². The van der Waals surface area contributed by atoms with Crippen LogP contribution in [0.5, 0.6) is 5.75 Å². The van der Waals surface area contributed by atoms with Gasteiger partial charge in [0.2, 0.25) is 11.8 Å². The van der Waals surface area contributed by atoms with E-state index >= 15 is 0 Å². The van der Waals surface area contributed by atoms with Crippen LogP contribution in [-0.4, -0.2) is 34.6 Å². The molecule has 3 amide bonds. The zero-order valence-corrected chi connectivity index (χ0v) is 18.9. The smallest absolute Gasteiger partial charge is 0.262 e. The first kappa shape index (κ1) is 21.8. The fourth-order valence-corrected chi connectivity index (χ4v) is 4.93. The number of ether oxygens (including phenoxy) is 1. The van der Waals surface area contributed by atoms with E-state index in [0.29, 0.717) is 17.1 Å². The Morgan fingerprint density at radius 3 is 2.74 bits per heavy atom. The standard InChI is InChI=1S/C26H21N3O4S/c30-24(16-33-20-6-2-1-3-7-20)28-18-5-4-8-21(13-18)34-23-15-25(31)29(26(23)32)19-10-9-17-11-12-27-22(17)14-19/h1-14,23,27H,15-16H2,(H,28,30). The molecule has 0 saturated carbocycles. The molecule has 2 N–H and O–H groups in total. The Labute approximate surface area is 200 Å². The van der Waals surface area contributed by atoms with Crippen molar-refractivity contribution in [3.63, 3.8) is 0 Å². The van der Waals surface area contributed by atoms with Gasteiger partial charge in [0.05, 0.1) is 10.9 Å². The quantitative estimate of drug-likeness (QED) is 0.384. The molecular weight excluding hydrogens is 450 g/mol. The Bertz CT molecular complexity index is 1370. The summed E-state index contributed by atoms with van der Waals surface area (Å²) in [6, 6.07) is 23.7. The molecule has 8 heteroatoms. The molecule has 3 aromatic carbocycles. The molecule has 1 aromatic heterocycles. The minimum atomic E-state index is -0.529. The van der Waals surface area contributed by atoms with Crippen molar-refractivity contribution in [1.29, 1.82) is 0 Å². The number of imide groups is 1. The number of aromatic nitrogens is 1. The van der Waals surface area contributed by atoms with E-state index < -0.39 is 5.25 Å². The number of carbonyl (C=O) groups is 3. The summed E-state index contributed by atoms with van der Waals surface area (Å²) in [6.07, 6.45) is 1.94. The number of para-hydroxylation sites is 1. The fraction of sp³-hybridized carbons (Fsp3) is 0.115. The van der Waals surface area contributed by atoms with Crippen LogP contribution >= 0.6 is 11.8 Å². The monoisotopic (exact) mass is 471 g/mol. The van der Waals surface area contributed by atoms with Crippen molar-refractivity contribution in [2.45, 2.75) is 16.6 Å². The predicted octanol–water partition coefficient (Wildman–Crippen LogP) is 4.61. The van der Waals surface area contributed by atoms with Crippen molar-refractivity contribution in [2.24, 2.45) is 0 Å². The Morgan fingerprint density at radius 1 is 1.03 bits per heavy atom. The SMILES string of the molecule is O=C(COc1ccccc1)Nc1cccc(SC2CC(=O)N(c3ccc4cc[nH]c4c3)C2=O)c1. The summed E-state index contributed by atoms with van der Waals surface area (Å²) in [5.74, 6) is -0.141. The second-order valence-corrected chi connectivity index (χ2v) is 9.08. The zero-order valence-electron chi connectivity index (χ0n) is 18.1. The highest BCUT2D eigenvalue weighted by Gasteiger charge is 2.40. The van der Waals surface area contributed by atoms with Crippen molar-refractivity contribution in [3.05, 3.63) is 85.1 Å². The maximum absolute atomic E-state index is 13.1. The lowest BCUT2D eigenvalue weighted by molar-refractivity contribution is -0.121. The van der Waals surface area contributed by atoms with Crippen LogP contribution in [-0.2, 0) is 14.4 Å². The molecule has 1 saturated heterocycles. The molecule has 1 unspecified atom stereocenters. The van der Waals surface area contributed by atoms with Gasteiger partial charge in [-0.25, -0.2) is 4.90 Å². The molecule has 1 fully saturated rings. The first-order chi connectivity index (χ1) is 16.6. The minimum absolute atomic E-state index is 0.114. The summed E-state index contributed by atoms with van der Waals surface area (Å²) in [4.78, 5) is 43.1. The van der Waals surface area contributed by atoms with E-state index in [4.69, 9.17) is 4.74 Å². The predicted molar refractivity (Wildman–Crippen MR) is 132 cm³/mol. The van der Waals surface area contributed by atoms with Gasteiger partial charge in [0.25, 0.3) is 5.91 Å². The number of H-pyrrole nitrogens is 1. The lowest BCUT2D eigenvalue weighted by Gasteiger charge is -2.15. The van der Waals surface area contributed by atoms with Crippen LogP contribution < -0.4 is 15.0 Å². The van der Waals surface area contributed by atoms with Gasteiger partial charge in [-0.1, -0.05) is 30.3 Å². The molecule has 0 radical (unpaired) electrons. The summed E-state index contributed by atoms with van der Waals surface area (Å²) >= 11 is 1.32. The highest BCUT2D eigenvalue weighted by Crippen LogP contribution is 2.35. The number of hydrogen-bond acceptors (Lipinski definition) is 5. The first-order valence-electron chi connectivity index (χ1n) is 10.8. The van der Waals surface area contributed by atoms with Crippen molar-refractivity contribution < 1.29 is 19.1 Å². The van der Waals surface area contributed by atoms with Crippen molar-refractivity contribution in [3.8, 4) is 5.75 Å². The Balaban J connectivity index is 1.23. The number of thioether (sulfide) groups is 1. The molecule has 1 aliphatic rings. The number of rotatable bonds is 7. The third-order valence-electron chi connectivity index (χ3n) is 5.41. The molecule has 4 aromatic rings. The maximum atomic E-state index is 13.1. The lowest BCUT2D eigenvalue weighted by Crippen LogP contribution is -2.31. The summed E-state index contributed by atoms with van der Waals surface area (Å²) in [5, 5.41) is 3.29. The van der Waals surface area contributed by atoms with Crippen LogP contribution in [0.1, 0.15) is 6.42 Å². The van der Waals surface area contributed by atoms with Crippen LogP contribution in [0.15, 0.2) is 90.0 Å². The van der Waals surface area contributed by atoms with Gasteiger partial charge in [-0.3, -0.25) is 14.4 Å². The van der Waals surface area contributed by atoms with E-state index in [0.717, 1.165) is 15.8 Å². The Hall–Kier alpha value is -4.04. The number of nitrogens with one attached hydrogen (secondary N) is 2. The van der Waals surface area contributed by atoms with Gasteiger partial charge in [0.15, 0.2) is 6.61 Å². The number of hydrogen-bond donors (Lipinski definition) is 2. The molecule has 0 aliphatic carbocycles. The molecule has 5 rings (SSSR count). The summed E-state index contributed by atoms with van der Waals surface area (Å²) < 4.78 is 5.47. The number of aromatic amines is 1. The molecule has 7 nitrogen and oxygen atoms in total. The molecule has 170 valence electrons. The van der Waals surface area contributed by atoms with Gasteiger partial charge < -0.3 is 15.0 Å². The Kier molecular flexibility index (Phi) is 6.05. The summed E-state index contributed by atoms with van der Waals surface area (Å²) in [7, 11) is 0. The number of nitrogens with zero attached hydrogens (tertiary/aromatic N) is 1. The van der Waals surface area contributed by atoms with Crippen LogP contribution in [0.25, 0.3) is 10.9 Å². The van der Waals surface area contributed by atoms with Gasteiger partial charge in [-0.15, -0.1) is 11.8 Å². The third kappa shape index (κ3) is 4.67. The minimum Gasteiger partial charge on any atom is -0.484 e. The highest BCUT2D eigenvalue weighted by molar-refractivity contribution is 8.00. The van der Waals surface area contributed by atoms with Crippen molar-refractivity contribution in [1.82, 2.24) is 4.98 Å². The fourth-order valence-electron chi connectivity index (χ4n) is 3.82. The van der Waals surface area contributed by atoms with E-state index in [1.807, 2.05) is 48.7 Å². The largest absolute Gasteiger partial charge is 0.484 e. The number of benzene rings is 3. The molecule has 1 aliphatic heterocycles. The second kappa shape index (κ2) is 9.44. The van der Waals surface area contributed by atoms with E-state index in [-0.39, 0.29) is 30.7 Å². The molecule has 0 spiro atoms. The first-order valence-corrected chi connectivity index (χ1v) is 11.6. The number of anilines is 2. The van der Waals surface area contributed by atoms with Gasteiger partial charge in [-0.2, -0.15) is 0 Å². The van der Waals surface area contributed by atoms with Gasteiger partial charge in [0.1, 0.15) is 5.75 Å². The summed E-state index contributed by atoms with van der Waals surface area (Å²) in [5.41, 5.74) is 2.03. The molecule has 2 heterocycles. The van der Waals surface area contributed by atoms with Crippen LogP contribution in [0, 0.1) is 0 Å². The normalized spacial score (nSPS) is 15.6. The van der Waals surface area contributed by atoms with Crippen LogP contribution in [0.2, 0.25) is 0 Å². The second-order valence-electron chi connectivity index (χ2n) is 7.80. The van der Waals surface area contributed by atoms with E-state index in [9.17, 15) is 14.4 Å². The average molecular weight is 472 g/mol. The maximum Gasteiger partial charge on any atom is 0.262 e. The lowest BCUT2D eigenvalue weighted by atomic mass is 10.2. The third-order valence-corrected chi connectivity index (χ3v) is 6.59. The van der Waals surface area contributed by atoms with E-state index in [2.05, 4.69) is 10.3 Å². The molecular formula is C26H21N3O4S. The number of amides is 3. The molecule has 34 heavy (non-hydrogen) atoms. The Morgan fingerprint density at radius 2 is 1.88 bits per heavy atom. The van der Waals surface area contributed by atoms with E-state index in [1.54, 1.807) is 36.4 Å². The average Bonchev–Trinajstić information content (AvgIpc) is 3.42. The van der Waals surface area contributed by atoms with Gasteiger partial charge >= 0.3 is 0 Å². The number of carbonyl (C=O) groups excluding carboxylic acids is 3. The van der Waals surface area contributed by atoms with E-state index in [1.165, 1.54) is 16.7 Å². The summed E-state index contributed by atoms with van der Waals surface area (Å²) in [6.45, 7) is -0.114. The van der Waals surface area contributed by atoms with Gasteiger partial charge in [-0.05, 0) is 53.9 Å². The molecule has 0 bridgehead atoms.